The SMILES string of the molecule is CCCOCCN(Cc1cccc(N)c1)C(C)C. The topological polar surface area (TPSA) is 38.5 Å². The third-order valence-corrected chi connectivity index (χ3v) is 2.94. The maximum atomic E-state index is 5.81. The Morgan fingerprint density at radius 3 is 2.67 bits per heavy atom. The number of hydrogen-bond acceptors (Lipinski definition) is 3. The molecule has 2 N–H and O–H groups in total. The molecular formula is C15H26N2O. The molecule has 3 nitrogen and oxygen atoms in total. The molecule has 0 amide bonds. The first-order valence-electron chi connectivity index (χ1n) is 6.79. The predicted molar refractivity (Wildman–Crippen MR) is 77.5 cm³/mol. The number of benzene rings is 1. The molecule has 0 spiro atoms. The Balaban J connectivity index is 2.47. The standard InChI is InChI=1S/C15H26N2O/c1-4-9-18-10-8-17(13(2)3)12-14-6-5-7-15(16)11-14/h5-7,11,13H,4,8-10,12,16H2,1-3H3. The summed E-state index contributed by atoms with van der Waals surface area (Å²) in [7, 11) is 0. The number of rotatable bonds is 8. The first kappa shape index (κ1) is 15.0. The average Bonchev–Trinajstić information content (AvgIpc) is 2.33. The summed E-state index contributed by atoms with van der Waals surface area (Å²) < 4.78 is 5.56. The monoisotopic (exact) mass is 250 g/mol. The highest BCUT2D eigenvalue weighted by Gasteiger charge is 2.09. The maximum Gasteiger partial charge on any atom is 0.0593 e. The van der Waals surface area contributed by atoms with Gasteiger partial charge in [0.2, 0.25) is 0 Å². The van der Waals surface area contributed by atoms with Gasteiger partial charge in [0.1, 0.15) is 0 Å². The molecule has 0 unspecified atom stereocenters. The van der Waals surface area contributed by atoms with E-state index in [0.717, 1.165) is 38.4 Å². The van der Waals surface area contributed by atoms with E-state index < -0.39 is 0 Å². The van der Waals surface area contributed by atoms with E-state index in [1.54, 1.807) is 0 Å². The smallest absolute Gasteiger partial charge is 0.0593 e. The highest BCUT2D eigenvalue weighted by Crippen LogP contribution is 2.11. The van der Waals surface area contributed by atoms with Crippen molar-refractivity contribution in [3.63, 3.8) is 0 Å². The molecule has 0 heterocycles. The second kappa shape index (κ2) is 8.11. The van der Waals surface area contributed by atoms with Gasteiger partial charge in [-0.1, -0.05) is 19.1 Å². The van der Waals surface area contributed by atoms with Gasteiger partial charge >= 0.3 is 0 Å². The molecule has 102 valence electrons. The van der Waals surface area contributed by atoms with Crippen LogP contribution >= 0.6 is 0 Å². The van der Waals surface area contributed by atoms with Crippen molar-refractivity contribution in [3.05, 3.63) is 29.8 Å². The molecule has 0 fully saturated rings. The van der Waals surface area contributed by atoms with Crippen LogP contribution < -0.4 is 5.73 Å². The van der Waals surface area contributed by atoms with Crippen molar-refractivity contribution in [3.8, 4) is 0 Å². The Labute approximate surface area is 111 Å². The number of anilines is 1. The minimum atomic E-state index is 0.511. The highest BCUT2D eigenvalue weighted by atomic mass is 16.5. The molecule has 0 aliphatic heterocycles. The molecule has 0 radical (unpaired) electrons. The van der Waals surface area contributed by atoms with E-state index in [0.29, 0.717) is 6.04 Å². The third kappa shape index (κ3) is 5.52. The normalized spacial score (nSPS) is 11.4. The number of nitrogens with zero attached hydrogens (tertiary/aromatic N) is 1. The van der Waals surface area contributed by atoms with Crippen molar-refractivity contribution in [1.82, 2.24) is 4.90 Å². The van der Waals surface area contributed by atoms with E-state index in [4.69, 9.17) is 10.5 Å². The molecule has 1 aromatic rings. The van der Waals surface area contributed by atoms with Crippen LogP contribution in [0.2, 0.25) is 0 Å². The number of nitrogen functional groups attached to an aromatic ring is 1. The zero-order chi connectivity index (χ0) is 13.4. The van der Waals surface area contributed by atoms with E-state index in [1.165, 1.54) is 5.56 Å². The molecule has 1 aromatic carbocycles. The summed E-state index contributed by atoms with van der Waals surface area (Å²) in [5.41, 5.74) is 7.90. The molecule has 0 aromatic heterocycles. The fourth-order valence-corrected chi connectivity index (χ4v) is 1.87. The molecule has 18 heavy (non-hydrogen) atoms. The minimum absolute atomic E-state index is 0.511. The van der Waals surface area contributed by atoms with Gasteiger partial charge in [-0.05, 0) is 38.0 Å². The van der Waals surface area contributed by atoms with E-state index >= 15 is 0 Å². The van der Waals surface area contributed by atoms with Crippen LogP contribution in [0.25, 0.3) is 0 Å². The van der Waals surface area contributed by atoms with Gasteiger partial charge in [-0.2, -0.15) is 0 Å². The van der Waals surface area contributed by atoms with Gasteiger partial charge in [0.25, 0.3) is 0 Å². The molecule has 0 saturated heterocycles. The van der Waals surface area contributed by atoms with Crippen molar-refractivity contribution < 1.29 is 4.74 Å². The van der Waals surface area contributed by atoms with Gasteiger partial charge < -0.3 is 10.5 Å². The van der Waals surface area contributed by atoms with Gasteiger partial charge in [-0.3, -0.25) is 4.90 Å². The van der Waals surface area contributed by atoms with Crippen LogP contribution in [0.3, 0.4) is 0 Å². The van der Waals surface area contributed by atoms with Crippen LogP contribution in [0.5, 0.6) is 0 Å². The Morgan fingerprint density at radius 2 is 2.06 bits per heavy atom. The summed E-state index contributed by atoms with van der Waals surface area (Å²) in [6.45, 7) is 10.1. The molecule has 3 heteroatoms. The second-order valence-electron chi connectivity index (χ2n) is 4.92. The zero-order valence-electron chi connectivity index (χ0n) is 11.9. The molecule has 0 atom stereocenters. The lowest BCUT2D eigenvalue weighted by molar-refractivity contribution is 0.0897. The largest absolute Gasteiger partial charge is 0.399 e. The molecular weight excluding hydrogens is 224 g/mol. The summed E-state index contributed by atoms with van der Waals surface area (Å²) in [4.78, 5) is 2.41. The van der Waals surface area contributed by atoms with Gasteiger partial charge in [0, 0.05) is 31.4 Å². The van der Waals surface area contributed by atoms with Crippen molar-refractivity contribution in [1.29, 1.82) is 0 Å². The summed E-state index contributed by atoms with van der Waals surface area (Å²) in [6, 6.07) is 8.61. The van der Waals surface area contributed by atoms with Crippen molar-refractivity contribution >= 4 is 5.69 Å². The Hall–Kier alpha value is -1.06. The maximum absolute atomic E-state index is 5.81. The van der Waals surface area contributed by atoms with Crippen molar-refractivity contribution in [2.75, 3.05) is 25.5 Å². The Kier molecular flexibility index (Phi) is 6.76. The van der Waals surface area contributed by atoms with E-state index in [-0.39, 0.29) is 0 Å². The lowest BCUT2D eigenvalue weighted by atomic mass is 10.1. The Bertz CT molecular complexity index is 339. The fraction of sp³-hybridized carbons (Fsp3) is 0.600. The second-order valence-corrected chi connectivity index (χ2v) is 4.92. The summed E-state index contributed by atoms with van der Waals surface area (Å²) >= 11 is 0. The predicted octanol–water partition coefficient (Wildman–Crippen LogP) is 2.91. The summed E-state index contributed by atoms with van der Waals surface area (Å²) in [5.74, 6) is 0. The van der Waals surface area contributed by atoms with Crippen LogP contribution in [0.1, 0.15) is 32.8 Å². The van der Waals surface area contributed by atoms with Crippen LogP contribution in [-0.2, 0) is 11.3 Å². The molecule has 0 aliphatic carbocycles. The van der Waals surface area contributed by atoms with E-state index in [2.05, 4.69) is 31.7 Å². The quantitative estimate of drug-likeness (QED) is 0.569. The molecule has 0 saturated carbocycles. The zero-order valence-corrected chi connectivity index (χ0v) is 11.9. The minimum Gasteiger partial charge on any atom is -0.399 e. The lowest BCUT2D eigenvalue weighted by Crippen LogP contribution is -2.33. The van der Waals surface area contributed by atoms with E-state index in [1.807, 2.05) is 18.2 Å². The Morgan fingerprint density at radius 1 is 1.28 bits per heavy atom. The van der Waals surface area contributed by atoms with Gasteiger partial charge in [-0.25, -0.2) is 0 Å². The molecule has 0 bridgehead atoms. The van der Waals surface area contributed by atoms with Gasteiger partial charge in [-0.15, -0.1) is 0 Å². The molecule has 0 aliphatic rings. The van der Waals surface area contributed by atoms with Crippen LogP contribution in [0, 0.1) is 0 Å². The average molecular weight is 250 g/mol. The van der Waals surface area contributed by atoms with E-state index in [9.17, 15) is 0 Å². The van der Waals surface area contributed by atoms with Crippen LogP contribution in [0.15, 0.2) is 24.3 Å². The first-order valence-corrected chi connectivity index (χ1v) is 6.79. The third-order valence-electron chi connectivity index (χ3n) is 2.94. The number of nitrogens with two attached hydrogens (primary N) is 1. The van der Waals surface area contributed by atoms with Gasteiger partial charge in [0.15, 0.2) is 0 Å². The van der Waals surface area contributed by atoms with Crippen molar-refractivity contribution in [2.24, 2.45) is 0 Å². The fourth-order valence-electron chi connectivity index (χ4n) is 1.87. The van der Waals surface area contributed by atoms with Crippen LogP contribution in [0.4, 0.5) is 5.69 Å². The number of hydrogen-bond donors (Lipinski definition) is 1. The first-order chi connectivity index (χ1) is 8.63. The lowest BCUT2D eigenvalue weighted by Gasteiger charge is -2.26. The van der Waals surface area contributed by atoms with Crippen LogP contribution in [-0.4, -0.2) is 30.7 Å². The van der Waals surface area contributed by atoms with Crippen molar-refractivity contribution in [2.45, 2.75) is 39.8 Å². The molecule has 1 rings (SSSR count). The summed E-state index contributed by atoms with van der Waals surface area (Å²) in [6.07, 6.45) is 1.08. The highest BCUT2D eigenvalue weighted by molar-refractivity contribution is 5.40. The number of ether oxygens (including phenoxy) is 1. The van der Waals surface area contributed by atoms with Gasteiger partial charge in [0.05, 0.1) is 6.61 Å². The summed E-state index contributed by atoms with van der Waals surface area (Å²) in [5, 5.41) is 0.